The van der Waals surface area contributed by atoms with Crippen molar-refractivity contribution < 1.29 is 13.6 Å². The van der Waals surface area contributed by atoms with Gasteiger partial charge in [-0.2, -0.15) is 0 Å². The van der Waals surface area contributed by atoms with Crippen LogP contribution in [0.5, 0.6) is 0 Å². The van der Waals surface area contributed by atoms with Gasteiger partial charge in [0.15, 0.2) is 23.3 Å². The van der Waals surface area contributed by atoms with Crippen molar-refractivity contribution in [3.63, 3.8) is 0 Å². The fourth-order valence-electron chi connectivity index (χ4n) is 1.24. The van der Waals surface area contributed by atoms with E-state index in [4.69, 9.17) is 0 Å². The fourth-order valence-corrected chi connectivity index (χ4v) is 1.24. The number of carbonyl (C=O) groups excluding carboxylic acids is 1. The maximum absolute atomic E-state index is 13.4. The van der Waals surface area contributed by atoms with Gasteiger partial charge in [0.05, 0.1) is 6.54 Å². The fraction of sp³-hybridized carbons (Fsp3) is 0.455. The van der Waals surface area contributed by atoms with E-state index in [1.165, 1.54) is 11.9 Å². The van der Waals surface area contributed by atoms with E-state index in [2.05, 4.69) is 15.6 Å². The van der Waals surface area contributed by atoms with Gasteiger partial charge in [-0.25, -0.2) is 13.8 Å². The van der Waals surface area contributed by atoms with Crippen molar-refractivity contribution in [2.45, 2.75) is 6.92 Å². The number of nitrogens with zero attached hydrogens (tertiary/aromatic N) is 2. The highest BCUT2D eigenvalue weighted by molar-refractivity contribution is 5.80. The molecule has 0 bridgehead atoms. The van der Waals surface area contributed by atoms with E-state index >= 15 is 0 Å². The molecule has 0 aliphatic carbocycles. The highest BCUT2D eigenvalue weighted by Crippen LogP contribution is 2.18. The smallest absolute Gasteiger partial charge is 0.241 e. The number of hydrogen-bond donors (Lipinski definition) is 2. The second kappa shape index (κ2) is 6.13. The van der Waals surface area contributed by atoms with Crippen LogP contribution in [-0.2, 0) is 4.79 Å². The third kappa shape index (κ3) is 3.28. The summed E-state index contributed by atoms with van der Waals surface area (Å²) in [6, 6.07) is 0.717. The topological polar surface area (TPSA) is 57.3 Å². The lowest BCUT2D eigenvalue weighted by Gasteiger charge is -2.15. The molecule has 1 aromatic heterocycles. The molecule has 0 aliphatic heterocycles. The van der Waals surface area contributed by atoms with Crippen LogP contribution in [0.25, 0.3) is 0 Å². The van der Waals surface area contributed by atoms with Gasteiger partial charge in [-0.1, -0.05) is 0 Å². The molecular weight excluding hydrogens is 242 g/mol. The SMILES string of the molecule is CCN(C)C(=O)CNc1nc(NC)c(F)cc1F. The summed E-state index contributed by atoms with van der Waals surface area (Å²) in [5.74, 6) is -2.04. The molecule has 0 atom stereocenters. The number of carbonyl (C=O) groups is 1. The van der Waals surface area contributed by atoms with Crippen LogP contribution in [0.1, 0.15) is 6.92 Å². The summed E-state index contributed by atoms with van der Waals surface area (Å²) in [5, 5.41) is 5.04. The van der Waals surface area contributed by atoms with Crippen LogP contribution >= 0.6 is 0 Å². The summed E-state index contributed by atoms with van der Waals surface area (Å²) >= 11 is 0. The quantitative estimate of drug-likeness (QED) is 0.835. The summed E-state index contributed by atoms with van der Waals surface area (Å²) in [6.45, 7) is 2.29. The summed E-state index contributed by atoms with van der Waals surface area (Å²) in [5.41, 5.74) is 0. The summed E-state index contributed by atoms with van der Waals surface area (Å²) < 4.78 is 26.5. The molecule has 0 aliphatic rings. The Labute approximate surface area is 104 Å². The van der Waals surface area contributed by atoms with Crippen LogP contribution in [0.2, 0.25) is 0 Å². The predicted molar refractivity (Wildman–Crippen MR) is 65.5 cm³/mol. The first kappa shape index (κ1) is 14.1. The Morgan fingerprint density at radius 2 is 2.00 bits per heavy atom. The Morgan fingerprint density at radius 1 is 1.39 bits per heavy atom. The van der Waals surface area contributed by atoms with Crippen LogP contribution in [0, 0.1) is 11.6 Å². The Morgan fingerprint density at radius 3 is 2.56 bits per heavy atom. The van der Waals surface area contributed by atoms with E-state index in [0.717, 1.165) is 6.07 Å². The van der Waals surface area contributed by atoms with E-state index in [1.54, 1.807) is 7.05 Å². The standard InChI is InChI=1S/C11H16F2N4O/c1-4-17(3)9(18)6-15-11-8(13)5-7(12)10(14-2)16-11/h5H,4,6H2,1-3H3,(H2,14,15,16). The number of hydrogen-bond acceptors (Lipinski definition) is 4. The molecule has 0 radical (unpaired) electrons. The maximum Gasteiger partial charge on any atom is 0.241 e. The van der Waals surface area contributed by atoms with Crippen LogP contribution in [0.4, 0.5) is 20.4 Å². The van der Waals surface area contributed by atoms with Crippen LogP contribution in [-0.4, -0.2) is 43.0 Å². The van der Waals surface area contributed by atoms with Crippen molar-refractivity contribution in [2.75, 3.05) is 37.8 Å². The molecule has 1 amide bonds. The molecule has 1 heterocycles. The lowest BCUT2D eigenvalue weighted by atomic mass is 10.4. The van der Waals surface area contributed by atoms with Crippen LogP contribution < -0.4 is 10.6 Å². The zero-order chi connectivity index (χ0) is 13.7. The van der Waals surface area contributed by atoms with Crippen molar-refractivity contribution in [1.82, 2.24) is 9.88 Å². The summed E-state index contributed by atoms with van der Waals surface area (Å²) in [4.78, 5) is 16.7. The summed E-state index contributed by atoms with van der Waals surface area (Å²) in [7, 11) is 3.11. The number of rotatable bonds is 5. The van der Waals surface area contributed by atoms with Gasteiger partial charge in [0.2, 0.25) is 5.91 Å². The third-order valence-corrected chi connectivity index (χ3v) is 2.47. The van der Waals surface area contributed by atoms with E-state index in [0.29, 0.717) is 6.54 Å². The van der Waals surface area contributed by atoms with Gasteiger partial charge in [0.25, 0.3) is 0 Å². The monoisotopic (exact) mass is 258 g/mol. The van der Waals surface area contributed by atoms with Gasteiger partial charge >= 0.3 is 0 Å². The largest absolute Gasteiger partial charge is 0.371 e. The number of anilines is 2. The van der Waals surface area contributed by atoms with Gasteiger partial charge < -0.3 is 15.5 Å². The number of pyridine rings is 1. The highest BCUT2D eigenvalue weighted by atomic mass is 19.1. The van der Waals surface area contributed by atoms with E-state index in [1.807, 2.05) is 6.92 Å². The van der Waals surface area contributed by atoms with Crippen molar-refractivity contribution in [1.29, 1.82) is 0 Å². The molecule has 5 nitrogen and oxygen atoms in total. The average Bonchev–Trinajstić information content (AvgIpc) is 2.36. The number of amides is 1. The molecule has 0 spiro atoms. The Hall–Kier alpha value is -1.92. The molecule has 1 aromatic rings. The van der Waals surface area contributed by atoms with Gasteiger partial charge in [-0.15, -0.1) is 0 Å². The zero-order valence-electron chi connectivity index (χ0n) is 10.6. The number of aromatic nitrogens is 1. The van der Waals surface area contributed by atoms with Crippen molar-refractivity contribution in [3.8, 4) is 0 Å². The first-order valence-corrected chi connectivity index (χ1v) is 5.51. The zero-order valence-corrected chi connectivity index (χ0v) is 10.6. The molecular formula is C11H16F2N4O. The average molecular weight is 258 g/mol. The molecule has 1 rings (SSSR count). The lowest BCUT2D eigenvalue weighted by molar-refractivity contribution is -0.127. The van der Waals surface area contributed by atoms with Crippen molar-refractivity contribution >= 4 is 17.5 Å². The van der Waals surface area contributed by atoms with E-state index in [-0.39, 0.29) is 24.1 Å². The molecule has 7 heteroatoms. The van der Waals surface area contributed by atoms with Gasteiger partial charge in [0.1, 0.15) is 0 Å². The summed E-state index contributed by atoms with van der Waals surface area (Å²) in [6.07, 6.45) is 0. The van der Waals surface area contributed by atoms with Crippen LogP contribution in [0.15, 0.2) is 6.07 Å². The maximum atomic E-state index is 13.4. The second-order valence-corrected chi connectivity index (χ2v) is 3.66. The Kier molecular flexibility index (Phi) is 4.82. The van der Waals surface area contributed by atoms with Gasteiger partial charge in [0, 0.05) is 26.7 Å². The minimum Gasteiger partial charge on any atom is -0.371 e. The van der Waals surface area contributed by atoms with Gasteiger partial charge in [-0.3, -0.25) is 4.79 Å². The Bertz CT molecular complexity index is 439. The van der Waals surface area contributed by atoms with Crippen LogP contribution in [0.3, 0.4) is 0 Å². The molecule has 0 fully saturated rings. The highest BCUT2D eigenvalue weighted by Gasteiger charge is 2.12. The first-order chi connectivity index (χ1) is 8.49. The van der Waals surface area contributed by atoms with E-state index in [9.17, 15) is 13.6 Å². The van der Waals surface area contributed by atoms with E-state index < -0.39 is 11.6 Å². The third-order valence-electron chi connectivity index (χ3n) is 2.47. The lowest BCUT2D eigenvalue weighted by Crippen LogP contribution is -2.32. The number of halogens is 2. The normalized spacial score (nSPS) is 10.1. The minimum absolute atomic E-state index is 0.0739. The molecule has 0 unspecified atom stereocenters. The van der Waals surface area contributed by atoms with Gasteiger partial charge in [-0.05, 0) is 6.92 Å². The molecule has 0 saturated heterocycles. The number of likely N-dealkylation sites (N-methyl/N-ethyl adjacent to an activating group) is 1. The molecule has 18 heavy (non-hydrogen) atoms. The predicted octanol–water partition coefficient (Wildman–Crippen LogP) is 1.29. The molecule has 0 saturated carbocycles. The molecule has 100 valence electrons. The van der Waals surface area contributed by atoms with Crippen molar-refractivity contribution in [2.24, 2.45) is 0 Å². The minimum atomic E-state index is -0.835. The molecule has 0 aromatic carbocycles. The second-order valence-electron chi connectivity index (χ2n) is 3.66. The number of nitrogens with one attached hydrogen (secondary N) is 2. The Balaban J connectivity index is 2.76. The molecule has 2 N–H and O–H groups in total. The first-order valence-electron chi connectivity index (χ1n) is 5.51. The van der Waals surface area contributed by atoms with Crippen molar-refractivity contribution in [3.05, 3.63) is 17.7 Å².